The van der Waals surface area contributed by atoms with Gasteiger partial charge in [-0.2, -0.15) is 9.97 Å². The summed E-state index contributed by atoms with van der Waals surface area (Å²) in [5.41, 5.74) is 3.35. The van der Waals surface area contributed by atoms with Crippen molar-refractivity contribution in [3.05, 3.63) is 42.9 Å². The van der Waals surface area contributed by atoms with Gasteiger partial charge in [-0.1, -0.05) is 6.07 Å². The van der Waals surface area contributed by atoms with E-state index in [9.17, 15) is 0 Å². The molecule has 1 aromatic carbocycles. The van der Waals surface area contributed by atoms with Crippen molar-refractivity contribution in [1.82, 2.24) is 24.9 Å². The molecule has 1 saturated carbocycles. The monoisotopic (exact) mass is 317 g/mol. The zero-order chi connectivity index (χ0) is 15.9. The Morgan fingerprint density at radius 1 is 1.04 bits per heavy atom. The van der Waals surface area contributed by atoms with Crippen molar-refractivity contribution in [3.8, 4) is 0 Å². The van der Waals surface area contributed by atoms with Crippen LogP contribution in [0.1, 0.15) is 12.8 Å². The summed E-state index contributed by atoms with van der Waals surface area (Å²) in [6.07, 6.45) is 5.78. The van der Waals surface area contributed by atoms with Gasteiger partial charge in [0, 0.05) is 17.6 Å². The quantitative estimate of drug-likeness (QED) is 0.535. The molecule has 0 atom stereocenters. The fourth-order valence-corrected chi connectivity index (χ4v) is 2.75. The molecule has 7 heteroatoms. The standard InChI is InChI=1S/C17H15N7/c1-4-12-11(3-2-8-18-12)13(5-1)22-17-23-15-14(19-9-20-15)16(24-17)21-10-6-7-10/h1-5,8-10H,6-7H2,(H3,19,20,21,22,23,24). The van der Waals surface area contributed by atoms with E-state index in [0.717, 1.165) is 27.9 Å². The van der Waals surface area contributed by atoms with Gasteiger partial charge in [0.15, 0.2) is 11.5 Å². The molecule has 4 aromatic rings. The van der Waals surface area contributed by atoms with E-state index in [4.69, 9.17) is 0 Å². The number of fused-ring (bicyclic) bond motifs is 2. The summed E-state index contributed by atoms with van der Waals surface area (Å²) < 4.78 is 0. The van der Waals surface area contributed by atoms with E-state index in [1.54, 1.807) is 12.5 Å². The third-order valence-corrected chi connectivity index (χ3v) is 4.09. The van der Waals surface area contributed by atoms with Crippen LogP contribution in [0.3, 0.4) is 0 Å². The van der Waals surface area contributed by atoms with Gasteiger partial charge in [0.2, 0.25) is 5.95 Å². The maximum absolute atomic E-state index is 4.62. The van der Waals surface area contributed by atoms with Crippen LogP contribution in [0.4, 0.5) is 17.5 Å². The maximum atomic E-state index is 4.62. The molecule has 0 radical (unpaired) electrons. The number of imidazole rings is 1. The van der Waals surface area contributed by atoms with Gasteiger partial charge in [0.05, 0.1) is 17.5 Å². The molecule has 0 bridgehead atoms. The fourth-order valence-electron chi connectivity index (χ4n) is 2.75. The highest BCUT2D eigenvalue weighted by molar-refractivity contribution is 5.93. The Kier molecular flexibility index (Phi) is 2.84. The van der Waals surface area contributed by atoms with E-state index < -0.39 is 0 Å². The average molecular weight is 317 g/mol. The molecule has 1 fully saturated rings. The lowest BCUT2D eigenvalue weighted by Gasteiger charge is -2.10. The molecule has 0 saturated heterocycles. The van der Waals surface area contributed by atoms with Crippen LogP contribution in [0.25, 0.3) is 22.1 Å². The first-order chi connectivity index (χ1) is 11.9. The number of aromatic nitrogens is 5. The number of rotatable bonds is 4. The van der Waals surface area contributed by atoms with Crippen molar-refractivity contribution in [2.24, 2.45) is 0 Å². The first-order valence-corrected chi connectivity index (χ1v) is 7.95. The highest BCUT2D eigenvalue weighted by Crippen LogP contribution is 2.29. The highest BCUT2D eigenvalue weighted by atomic mass is 15.2. The number of hydrogen-bond acceptors (Lipinski definition) is 6. The van der Waals surface area contributed by atoms with Gasteiger partial charge in [0.25, 0.3) is 0 Å². The second-order valence-electron chi connectivity index (χ2n) is 5.91. The van der Waals surface area contributed by atoms with E-state index in [2.05, 4.69) is 35.6 Å². The van der Waals surface area contributed by atoms with Gasteiger partial charge in [-0.3, -0.25) is 4.98 Å². The number of H-pyrrole nitrogens is 1. The summed E-state index contributed by atoms with van der Waals surface area (Å²) in [4.78, 5) is 20.9. The topological polar surface area (TPSA) is 91.4 Å². The van der Waals surface area contributed by atoms with Gasteiger partial charge >= 0.3 is 0 Å². The molecule has 0 aliphatic heterocycles. The first-order valence-electron chi connectivity index (χ1n) is 7.95. The number of pyridine rings is 1. The Bertz CT molecular complexity index is 1030. The highest BCUT2D eigenvalue weighted by Gasteiger charge is 2.23. The summed E-state index contributed by atoms with van der Waals surface area (Å²) in [5.74, 6) is 1.30. The van der Waals surface area contributed by atoms with Crippen molar-refractivity contribution in [3.63, 3.8) is 0 Å². The van der Waals surface area contributed by atoms with E-state index in [1.165, 1.54) is 12.8 Å². The minimum Gasteiger partial charge on any atom is -0.365 e. The van der Waals surface area contributed by atoms with E-state index >= 15 is 0 Å². The van der Waals surface area contributed by atoms with Crippen LogP contribution in [0.15, 0.2) is 42.9 Å². The Morgan fingerprint density at radius 2 is 2.00 bits per heavy atom. The average Bonchev–Trinajstić information content (AvgIpc) is 3.29. The molecule has 24 heavy (non-hydrogen) atoms. The predicted molar refractivity (Wildman–Crippen MR) is 93.4 cm³/mol. The zero-order valence-corrected chi connectivity index (χ0v) is 12.8. The Morgan fingerprint density at radius 3 is 2.92 bits per heavy atom. The van der Waals surface area contributed by atoms with Crippen LogP contribution in [0.2, 0.25) is 0 Å². The second kappa shape index (κ2) is 5.16. The zero-order valence-electron chi connectivity index (χ0n) is 12.8. The molecule has 118 valence electrons. The molecule has 1 aliphatic carbocycles. The summed E-state index contributed by atoms with van der Waals surface area (Å²) in [6, 6.07) is 10.4. The Balaban J connectivity index is 1.58. The van der Waals surface area contributed by atoms with Gasteiger partial charge in [-0.25, -0.2) is 4.98 Å². The normalized spacial score (nSPS) is 14.2. The maximum Gasteiger partial charge on any atom is 0.231 e. The van der Waals surface area contributed by atoms with Gasteiger partial charge in [0.1, 0.15) is 5.52 Å². The van der Waals surface area contributed by atoms with Crippen molar-refractivity contribution in [2.45, 2.75) is 18.9 Å². The predicted octanol–water partition coefficient (Wildman–Crippen LogP) is 3.22. The number of aromatic amines is 1. The van der Waals surface area contributed by atoms with Crippen LogP contribution in [-0.4, -0.2) is 31.0 Å². The van der Waals surface area contributed by atoms with Crippen molar-refractivity contribution in [2.75, 3.05) is 10.6 Å². The summed E-state index contributed by atoms with van der Waals surface area (Å²) in [7, 11) is 0. The summed E-state index contributed by atoms with van der Waals surface area (Å²) >= 11 is 0. The van der Waals surface area contributed by atoms with Crippen molar-refractivity contribution >= 4 is 39.5 Å². The van der Waals surface area contributed by atoms with Crippen molar-refractivity contribution in [1.29, 1.82) is 0 Å². The lowest BCUT2D eigenvalue weighted by molar-refractivity contribution is 1.10. The Hall–Kier alpha value is -3.22. The lowest BCUT2D eigenvalue weighted by Crippen LogP contribution is -2.07. The van der Waals surface area contributed by atoms with Crippen LogP contribution < -0.4 is 10.6 Å². The van der Waals surface area contributed by atoms with Crippen molar-refractivity contribution < 1.29 is 0 Å². The molecule has 3 heterocycles. The number of nitrogens with zero attached hydrogens (tertiary/aromatic N) is 4. The molecule has 0 unspecified atom stereocenters. The molecule has 7 nitrogen and oxygen atoms in total. The molecular formula is C17H15N7. The van der Waals surface area contributed by atoms with E-state index in [1.807, 2.05) is 30.3 Å². The SMILES string of the molecule is c1cc(Nc2nc(NC3CC3)c3nc[nH]c3n2)c2cccnc2c1. The minimum absolute atomic E-state index is 0.495. The molecule has 5 rings (SSSR count). The van der Waals surface area contributed by atoms with Crippen LogP contribution in [0, 0.1) is 0 Å². The van der Waals surface area contributed by atoms with E-state index in [-0.39, 0.29) is 0 Å². The number of benzene rings is 1. The molecule has 3 N–H and O–H groups in total. The largest absolute Gasteiger partial charge is 0.365 e. The molecule has 0 amide bonds. The van der Waals surface area contributed by atoms with Crippen LogP contribution in [-0.2, 0) is 0 Å². The van der Waals surface area contributed by atoms with Crippen LogP contribution >= 0.6 is 0 Å². The first kappa shape index (κ1) is 13.2. The van der Waals surface area contributed by atoms with Gasteiger partial charge in [-0.15, -0.1) is 0 Å². The number of hydrogen-bond donors (Lipinski definition) is 3. The van der Waals surface area contributed by atoms with Gasteiger partial charge in [-0.05, 0) is 37.1 Å². The lowest BCUT2D eigenvalue weighted by atomic mass is 10.2. The Labute approximate surface area is 137 Å². The number of anilines is 3. The molecular weight excluding hydrogens is 302 g/mol. The van der Waals surface area contributed by atoms with Crippen LogP contribution in [0.5, 0.6) is 0 Å². The third-order valence-electron chi connectivity index (χ3n) is 4.09. The summed E-state index contributed by atoms with van der Waals surface area (Å²) in [6.45, 7) is 0. The molecule has 1 aliphatic rings. The molecule has 0 spiro atoms. The number of nitrogens with one attached hydrogen (secondary N) is 3. The summed E-state index contributed by atoms with van der Waals surface area (Å²) in [5, 5.41) is 7.77. The van der Waals surface area contributed by atoms with Gasteiger partial charge < -0.3 is 15.6 Å². The smallest absolute Gasteiger partial charge is 0.231 e. The molecule has 3 aromatic heterocycles. The third kappa shape index (κ3) is 2.30. The second-order valence-corrected chi connectivity index (χ2v) is 5.91. The van der Waals surface area contributed by atoms with E-state index in [0.29, 0.717) is 17.6 Å². The minimum atomic E-state index is 0.495. The fraction of sp³-hybridized carbons (Fsp3) is 0.176.